The van der Waals surface area contributed by atoms with Crippen molar-refractivity contribution in [2.24, 2.45) is 0 Å². The van der Waals surface area contributed by atoms with E-state index in [1.54, 1.807) is 4.57 Å². The minimum absolute atomic E-state index is 0.0191. The van der Waals surface area contributed by atoms with E-state index < -0.39 is 11.7 Å². The van der Waals surface area contributed by atoms with Crippen LogP contribution in [0.1, 0.15) is 30.0 Å². The second-order valence-electron chi connectivity index (χ2n) is 8.08. The lowest BCUT2D eigenvalue weighted by molar-refractivity contribution is -0.137. The molecule has 1 aliphatic heterocycles. The highest BCUT2D eigenvalue weighted by atomic mass is 19.4. The Morgan fingerprint density at radius 1 is 1.03 bits per heavy atom. The average molecular weight is 433 g/mol. The van der Waals surface area contributed by atoms with Crippen LogP contribution in [-0.4, -0.2) is 40.8 Å². The Kier molecular flexibility index (Phi) is 6.20. The van der Waals surface area contributed by atoms with Gasteiger partial charge in [0.15, 0.2) is 0 Å². The molecule has 2 aromatic carbocycles. The van der Waals surface area contributed by atoms with E-state index >= 15 is 0 Å². The van der Waals surface area contributed by atoms with Crippen molar-refractivity contribution in [3.8, 4) is 0 Å². The number of halogens is 3. The zero-order valence-electron chi connectivity index (χ0n) is 17.4. The first-order valence-corrected chi connectivity index (χ1v) is 10.5. The van der Waals surface area contributed by atoms with Gasteiger partial charge in [-0.05, 0) is 56.7 Å². The molecule has 0 unspecified atom stereocenters. The molecule has 1 aromatic heterocycles. The number of likely N-dealkylation sites (tertiary alicyclic amines) is 1. The van der Waals surface area contributed by atoms with Crippen LogP contribution in [0.2, 0.25) is 0 Å². The topological polar surface area (TPSA) is 39.4 Å². The van der Waals surface area contributed by atoms with Gasteiger partial charge in [0, 0.05) is 6.04 Å². The lowest BCUT2D eigenvalue weighted by atomic mass is 10.0. The summed E-state index contributed by atoms with van der Waals surface area (Å²) in [7, 11) is 2.03. The van der Waals surface area contributed by atoms with Gasteiger partial charge >= 0.3 is 11.9 Å². The number of ether oxygens (including phenoxy) is 1. The fourth-order valence-corrected chi connectivity index (χ4v) is 4.20. The summed E-state index contributed by atoms with van der Waals surface area (Å²) in [6.07, 6.45) is -2.88. The normalized spacial score (nSPS) is 16.3. The molecule has 0 amide bonds. The second kappa shape index (κ2) is 8.88. The largest absolute Gasteiger partial charge is 0.416 e. The molecule has 3 aromatic rings. The average Bonchev–Trinajstić information content (AvgIpc) is 3.03. The van der Waals surface area contributed by atoms with E-state index in [1.807, 2.05) is 37.4 Å². The maximum absolute atomic E-state index is 13.3. The highest BCUT2D eigenvalue weighted by Crippen LogP contribution is 2.32. The number of hydrogen-bond acceptors (Lipinski definition) is 3. The fraction of sp³-hybridized carbons (Fsp3) is 0.435. The number of aromatic nitrogens is 2. The third-order valence-electron chi connectivity index (χ3n) is 5.91. The number of benzene rings is 2. The standard InChI is InChI=1S/C23H26F3N3O2/c1-27-11-9-19(10-12-27)29-20-8-7-18(23(24,25)26)15-21(20)28(22(29)30)13-14-31-16-17-5-3-2-4-6-17/h2-8,15,19H,9-14,16H2,1H3. The summed E-state index contributed by atoms with van der Waals surface area (Å²) in [5.74, 6) is 0. The lowest BCUT2D eigenvalue weighted by Gasteiger charge is -2.29. The molecule has 166 valence electrons. The van der Waals surface area contributed by atoms with E-state index in [-0.39, 0.29) is 24.9 Å². The third-order valence-corrected chi connectivity index (χ3v) is 5.91. The molecular formula is C23H26F3N3O2. The van der Waals surface area contributed by atoms with Crippen LogP contribution in [0.25, 0.3) is 11.0 Å². The molecular weight excluding hydrogens is 407 g/mol. The van der Waals surface area contributed by atoms with Gasteiger partial charge in [-0.1, -0.05) is 30.3 Å². The lowest BCUT2D eigenvalue weighted by Crippen LogP contribution is -2.36. The summed E-state index contributed by atoms with van der Waals surface area (Å²) in [5.41, 5.74) is 0.840. The van der Waals surface area contributed by atoms with Crippen LogP contribution in [0.4, 0.5) is 13.2 Å². The Morgan fingerprint density at radius 2 is 1.74 bits per heavy atom. The van der Waals surface area contributed by atoms with Crippen LogP contribution in [0.3, 0.4) is 0 Å². The van der Waals surface area contributed by atoms with Crippen molar-refractivity contribution in [2.45, 2.75) is 38.2 Å². The zero-order chi connectivity index (χ0) is 22.0. The van der Waals surface area contributed by atoms with Gasteiger partial charge in [-0.15, -0.1) is 0 Å². The first kappa shape index (κ1) is 21.6. The molecule has 1 saturated heterocycles. The van der Waals surface area contributed by atoms with Gasteiger partial charge in [0.05, 0.1) is 36.4 Å². The summed E-state index contributed by atoms with van der Waals surface area (Å²) in [4.78, 5) is 15.5. The molecule has 0 saturated carbocycles. The fourth-order valence-electron chi connectivity index (χ4n) is 4.20. The predicted octanol–water partition coefficient (Wildman–Crippen LogP) is 4.31. The number of alkyl halides is 3. The predicted molar refractivity (Wildman–Crippen MR) is 113 cm³/mol. The Balaban J connectivity index is 1.63. The molecule has 0 N–H and O–H groups in total. The van der Waals surface area contributed by atoms with Gasteiger partial charge < -0.3 is 9.64 Å². The minimum atomic E-state index is -4.46. The monoisotopic (exact) mass is 433 g/mol. The Bertz CT molecular complexity index is 1080. The molecule has 0 spiro atoms. The van der Waals surface area contributed by atoms with Gasteiger partial charge in [0.2, 0.25) is 0 Å². The van der Waals surface area contributed by atoms with Crippen molar-refractivity contribution in [1.29, 1.82) is 0 Å². The molecule has 0 aliphatic carbocycles. The summed E-state index contributed by atoms with van der Waals surface area (Å²) in [6.45, 7) is 2.52. The van der Waals surface area contributed by atoms with Crippen molar-refractivity contribution >= 4 is 11.0 Å². The summed E-state index contributed by atoms with van der Waals surface area (Å²) in [5, 5.41) is 0. The smallest absolute Gasteiger partial charge is 0.375 e. The van der Waals surface area contributed by atoms with Crippen LogP contribution in [0, 0.1) is 0 Å². The van der Waals surface area contributed by atoms with E-state index in [0.717, 1.165) is 43.6 Å². The van der Waals surface area contributed by atoms with Gasteiger partial charge in [-0.2, -0.15) is 13.2 Å². The molecule has 1 fully saturated rings. The zero-order valence-corrected chi connectivity index (χ0v) is 17.4. The van der Waals surface area contributed by atoms with Crippen molar-refractivity contribution in [2.75, 3.05) is 26.7 Å². The van der Waals surface area contributed by atoms with E-state index in [0.29, 0.717) is 17.6 Å². The van der Waals surface area contributed by atoms with E-state index in [1.165, 1.54) is 10.6 Å². The number of imidazole rings is 1. The summed E-state index contributed by atoms with van der Waals surface area (Å²) >= 11 is 0. The van der Waals surface area contributed by atoms with Gasteiger partial charge in [0.25, 0.3) is 0 Å². The van der Waals surface area contributed by atoms with Crippen LogP contribution < -0.4 is 5.69 Å². The molecule has 8 heteroatoms. The molecule has 0 bridgehead atoms. The maximum atomic E-state index is 13.3. The van der Waals surface area contributed by atoms with Crippen LogP contribution in [0.5, 0.6) is 0 Å². The third kappa shape index (κ3) is 4.70. The molecule has 0 radical (unpaired) electrons. The SMILES string of the molecule is CN1CCC(n2c(=O)n(CCOCc3ccccc3)c3cc(C(F)(F)F)ccc32)CC1. The van der Waals surface area contributed by atoms with E-state index in [9.17, 15) is 18.0 Å². The van der Waals surface area contributed by atoms with Crippen molar-refractivity contribution < 1.29 is 17.9 Å². The van der Waals surface area contributed by atoms with Crippen molar-refractivity contribution in [3.63, 3.8) is 0 Å². The van der Waals surface area contributed by atoms with Crippen LogP contribution >= 0.6 is 0 Å². The highest BCUT2D eigenvalue weighted by molar-refractivity contribution is 5.77. The Morgan fingerprint density at radius 3 is 2.42 bits per heavy atom. The minimum Gasteiger partial charge on any atom is -0.375 e. The van der Waals surface area contributed by atoms with E-state index in [4.69, 9.17) is 4.74 Å². The quantitative estimate of drug-likeness (QED) is 0.544. The molecule has 1 aliphatic rings. The van der Waals surface area contributed by atoms with Crippen LogP contribution in [0.15, 0.2) is 53.3 Å². The van der Waals surface area contributed by atoms with E-state index in [2.05, 4.69) is 4.90 Å². The molecule has 4 rings (SSSR count). The summed E-state index contributed by atoms with van der Waals surface area (Å²) < 4.78 is 48.8. The van der Waals surface area contributed by atoms with Crippen LogP contribution in [-0.2, 0) is 24.1 Å². The number of fused-ring (bicyclic) bond motifs is 1. The van der Waals surface area contributed by atoms with Gasteiger partial charge in [0.1, 0.15) is 0 Å². The van der Waals surface area contributed by atoms with Gasteiger partial charge in [-0.3, -0.25) is 9.13 Å². The first-order chi connectivity index (χ1) is 14.8. The molecule has 2 heterocycles. The first-order valence-electron chi connectivity index (χ1n) is 10.5. The molecule has 5 nitrogen and oxygen atoms in total. The van der Waals surface area contributed by atoms with Crippen molar-refractivity contribution in [1.82, 2.24) is 14.0 Å². The number of rotatable bonds is 6. The second-order valence-corrected chi connectivity index (χ2v) is 8.08. The number of nitrogens with zero attached hydrogens (tertiary/aromatic N) is 3. The highest BCUT2D eigenvalue weighted by Gasteiger charge is 2.32. The number of piperidine rings is 1. The Labute approximate surface area is 178 Å². The van der Waals surface area contributed by atoms with Gasteiger partial charge in [-0.25, -0.2) is 4.79 Å². The number of hydrogen-bond donors (Lipinski definition) is 0. The maximum Gasteiger partial charge on any atom is 0.416 e. The van der Waals surface area contributed by atoms with Crippen molar-refractivity contribution in [3.05, 3.63) is 70.1 Å². The Hall–Kier alpha value is -2.58. The summed E-state index contributed by atoms with van der Waals surface area (Å²) in [6, 6.07) is 13.2. The molecule has 31 heavy (non-hydrogen) atoms. The molecule has 0 atom stereocenters.